The maximum atomic E-state index is 12.0. The second-order valence-electron chi connectivity index (χ2n) is 5.59. The highest BCUT2D eigenvalue weighted by Gasteiger charge is 2.11. The van der Waals surface area contributed by atoms with E-state index in [1.165, 1.54) is 0 Å². The Bertz CT molecular complexity index is 633. The Kier molecular flexibility index (Phi) is 4.73. The number of hydrogen-bond donors (Lipinski definition) is 1. The Labute approximate surface area is 125 Å². The molecule has 0 radical (unpaired) electrons. The van der Waals surface area contributed by atoms with Crippen LogP contribution >= 0.6 is 0 Å². The summed E-state index contributed by atoms with van der Waals surface area (Å²) in [5, 5.41) is 7.37. The zero-order valence-electron chi connectivity index (χ0n) is 13.1. The molecule has 0 fully saturated rings. The Morgan fingerprint density at radius 3 is 2.67 bits per heavy atom. The van der Waals surface area contributed by atoms with Gasteiger partial charge in [0.25, 0.3) is 5.91 Å². The molecule has 2 aromatic heterocycles. The van der Waals surface area contributed by atoms with Crippen molar-refractivity contribution in [3.05, 3.63) is 47.0 Å². The number of nitrogens with one attached hydrogen (secondary N) is 1. The smallest absolute Gasteiger partial charge is 0.269 e. The molecule has 21 heavy (non-hydrogen) atoms. The Morgan fingerprint density at radius 1 is 1.29 bits per heavy atom. The summed E-state index contributed by atoms with van der Waals surface area (Å²) in [6.45, 7) is 9.40. The molecule has 0 saturated heterocycles. The van der Waals surface area contributed by atoms with E-state index in [4.69, 9.17) is 0 Å². The lowest BCUT2D eigenvalue weighted by Crippen LogP contribution is -2.31. The first-order chi connectivity index (χ1) is 9.95. The van der Waals surface area contributed by atoms with Crippen LogP contribution in [-0.2, 0) is 6.54 Å². The Morgan fingerprint density at radius 2 is 2.05 bits per heavy atom. The van der Waals surface area contributed by atoms with Crippen molar-refractivity contribution in [3.63, 3.8) is 0 Å². The van der Waals surface area contributed by atoms with Crippen LogP contribution in [0.5, 0.6) is 0 Å². The van der Waals surface area contributed by atoms with Gasteiger partial charge in [-0.05, 0) is 44.9 Å². The third-order valence-electron chi connectivity index (χ3n) is 3.32. The number of rotatable bonds is 5. The van der Waals surface area contributed by atoms with E-state index in [1.54, 1.807) is 6.07 Å². The van der Waals surface area contributed by atoms with Crippen molar-refractivity contribution in [3.8, 4) is 0 Å². The minimum absolute atomic E-state index is 0.126. The third-order valence-corrected chi connectivity index (χ3v) is 3.32. The van der Waals surface area contributed by atoms with Gasteiger partial charge in [-0.1, -0.05) is 13.0 Å². The number of carbonyl (C=O) groups is 1. The molecule has 0 aliphatic heterocycles. The summed E-state index contributed by atoms with van der Waals surface area (Å²) in [5.74, 6) is 0.177. The van der Waals surface area contributed by atoms with Crippen LogP contribution in [0.25, 0.3) is 0 Å². The van der Waals surface area contributed by atoms with Crippen LogP contribution in [0.3, 0.4) is 0 Å². The van der Waals surface area contributed by atoms with Gasteiger partial charge in [0.1, 0.15) is 5.69 Å². The fraction of sp³-hybridized carbons (Fsp3) is 0.438. The summed E-state index contributed by atoms with van der Waals surface area (Å²) in [6, 6.07) is 7.51. The molecule has 5 nitrogen and oxygen atoms in total. The molecule has 2 heterocycles. The molecule has 0 aromatic carbocycles. The highest BCUT2D eigenvalue weighted by molar-refractivity contribution is 5.92. The molecular weight excluding hydrogens is 264 g/mol. The minimum atomic E-state index is -0.126. The van der Waals surface area contributed by atoms with E-state index >= 15 is 0 Å². The average Bonchev–Trinajstić information content (AvgIpc) is 2.74. The first-order valence-corrected chi connectivity index (χ1v) is 7.18. The van der Waals surface area contributed by atoms with Gasteiger partial charge >= 0.3 is 0 Å². The van der Waals surface area contributed by atoms with E-state index in [0.717, 1.165) is 23.6 Å². The first-order valence-electron chi connectivity index (χ1n) is 7.18. The van der Waals surface area contributed by atoms with Crippen LogP contribution in [0.4, 0.5) is 0 Å². The minimum Gasteiger partial charge on any atom is -0.350 e. The van der Waals surface area contributed by atoms with Crippen molar-refractivity contribution < 1.29 is 4.79 Å². The van der Waals surface area contributed by atoms with Crippen molar-refractivity contribution in [2.24, 2.45) is 5.92 Å². The molecule has 0 unspecified atom stereocenters. The number of amides is 1. The topological polar surface area (TPSA) is 59.8 Å². The number of carbonyl (C=O) groups excluding carboxylic acids is 1. The molecule has 0 aliphatic carbocycles. The molecule has 0 bridgehead atoms. The summed E-state index contributed by atoms with van der Waals surface area (Å²) in [6.07, 6.45) is 0. The summed E-state index contributed by atoms with van der Waals surface area (Å²) >= 11 is 0. The first kappa shape index (κ1) is 15.2. The van der Waals surface area contributed by atoms with E-state index in [-0.39, 0.29) is 5.91 Å². The number of nitrogens with zero attached hydrogens (tertiary/aromatic N) is 3. The third kappa shape index (κ3) is 4.15. The molecule has 2 rings (SSSR count). The van der Waals surface area contributed by atoms with E-state index in [0.29, 0.717) is 18.2 Å². The van der Waals surface area contributed by atoms with Crippen molar-refractivity contribution in [2.45, 2.75) is 34.2 Å². The lowest BCUT2D eigenvalue weighted by Gasteiger charge is -2.14. The molecule has 0 saturated carbocycles. The van der Waals surface area contributed by atoms with Crippen molar-refractivity contribution >= 4 is 5.91 Å². The summed E-state index contributed by atoms with van der Waals surface area (Å²) in [5.41, 5.74) is 3.48. The zero-order chi connectivity index (χ0) is 15.4. The lowest BCUT2D eigenvalue weighted by molar-refractivity contribution is 0.0941. The van der Waals surface area contributed by atoms with Gasteiger partial charge in [-0.25, -0.2) is 4.98 Å². The Balaban J connectivity index is 1.88. The van der Waals surface area contributed by atoms with E-state index < -0.39 is 0 Å². The summed E-state index contributed by atoms with van der Waals surface area (Å²) in [4.78, 5) is 16.3. The predicted molar refractivity (Wildman–Crippen MR) is 82.2 cm³/mol. The maximum absolute atomic E-state index is 12.0. The highest BCUT2D eigenvalue weighted by atomic mass is 16.1. The number of hydrogen-bond acceptors (Lipinski definition) is 3. The van der Waals surface area contributed by atoms with Gasteiger partial charge in [-0.3, -0.25) is 9.48 Å². The average molecular weight is 286 g/mol. The lowest BCUT2D eigenvalue weighted by atomic mass is 10.1. The molecule has 1 amide bonds. The molecule has 0 aliphatic rings. The van der Waals surface area contributed by atoms with Crippen molar-refractivity contribution in [1.82, 2.24) is 20.1 Å². The molecule has 5 heteroatoms. The van der Waals surface area contributed by atoms with E-state index in [2.05, 4.69) is 28.4 Å². The molecular formula is C16H22N4O. The maximum Gasteiger partial charge on any atom is 0.269 e. The molecule has 1 atom stereocenters. The zero-order valence-corrected chi connectivity index (χ0v) is 13.1. The van der Waals surface area contributed by atoms with Crippen molar-refractivity contribution in [2.75, 3.05) is 6.54 Å². The van der Waals surface area contributed by atoms with Crippen LogP contribution in [0.1, 0.15) is 34.5 Å². The number of aromatic nitrogens is 3. The molecule has 112 valence electrons. The normalized spacial score (nSPS) is 12.2. The second-order valence-corrected chi connectivity index (χ2v) is 5.59. The quantitative estimate of drug-likeness (QED) is 0.917. The van der Waals surface area contributed by atoms with Crippen LogP contribution in [0.15, 0.2) is 24.3 Å². The van der Waals surface area contributed by atoms with Crippen LogP contribution in [0.2, 0.25) is 0 Å². The van der Waals surface area contributed by atoms with Gasteiger partial charge < -0.3 is 5.32 Å². The molecule has 1 N–H and O–H groups in total. The molecule has 2 aromatic rings. The van der Waals surface area contributed by atoms with Gasteiger partial charge in [-0.2, -0.15) is 5.10 Å². The summed E-state index contributed by atoms with van der Waals surface area (Å²) < 4.78 is 1.98. The van der Waals surface area contributed by atoms with Crippen LogP contribution in [0, 0.1) is 26.7 Å². The number of pyridine rings is 1. The van der Waals surface area contributed by atoms with Crippen LogP contribution < -0.4 is 5.32 Å². The van der Waals surface area contributed by atoms with Gasteiger partial charge in [0.2, 0.25) is 0 Å². The fourth-order valence-electron chi connectivity index (χ4n) is 2.25. The second kappa shape index (κ2) is 6.52. The van der Waals surface area contributed by atoms with Crippen LogP contribution in [-0.4, -0.2) is 27.2 Å². The summed E-state index contributed by atoms with van der Waals surface area (Å²) in [7, 11) is 0. The molecule has 0 spiro atoms. The van der Waals surface area contributed by atoms with E-state index in [9.17, 15) is 4.79 Å². The van der Waals surface area contributed by atoms with Gasteiger partial charge in [0.05, 0.1) is 5.69 Å². The number of aryl methyl sites for hydroxylation is 3. The van der Waals surface area contributed by atoms with Crippen molar-refractivity contribution in [1.29, 1.82) is 0 Å². The van der Waals surface area contributed by atoms with Gasteiger partial charge in [-0.15, -0.1) is 0 Å². The SMILES string of the molecule is Cc1cccc(C(=O)NC[C@H](C)Cn2nc(C)cc2C)n1. The van der Waals surface area contributed by atoms with Gasteiger partial charge in [0.15, 0.2) is 0 Å². The standard InChI is InChI=1S/C16H22N4O/c1-11(10-20-14(4)8-13(3)19-20)9-17-16(21)15-7-5-6-12(2)18-15/h5-8,11H,9-10H2,1-4H3,(H,17,21)/t11-/m0/s1. The van der Waals surface area contributed by atoms with Gasteiger partial charge in [0, 0.05) is 24.5 Å². The highest BCUT2D eigenvalue weighted by Crippen LogP contribution is 2.06. The predicted octanol–water partition coefficient (Wildman–Crippen LogP) is 2.27. The van der Waals surface area contributed by atoms with E-state index in [1.807, 2.05) is 37.6 Å². The largest absolute Gasteiger partial charge is 0.350 e. The monoisotopic (exact) mass is 286 g/mol. The Hall–Kier alpha value is -2.17. The fourth-order valence-corrected chi connectivity index (χ4v) is 2.25.